The predicted octanol–water partition coefficient (Wildman–Crippen LogP) is 2.48. The van der Waals surface area contributed by atoms with Gasteiger partial charge in [0.25, 0.3) is 0 Å². The SMILES string of the molecule is CC(=O)N[C@H]1CCC[C@@H]2CCCC[C@@H]21. The molecule has 2 saturated carbocycles. The van der Waals surface area contributed by atoms with Gasteiger partial charge in [0, 0.05) is 13.0 Å². The van der Waals surface area contributed by atoms with E-state index in [4.69, 9.17) is 0 Å². The number of amides is 1. The van der Waals surface area contributed by atoms with Gasteiger partial charge in [-0.15, -0.1) is 0 Å². The Morgan fingerprint density at radius 3 is 2.57 bits per heavy atom. The van der Waals surface area contributed by atoms with Gasteiger partial charge in [0.2, 0.25) is 5.91 Å². The Bertz CT molecular complexity index is 212. The third-order valence-corrected chi connectivity index (χ3v) is 3.96. The zero-order chi connectivity index (χ0) is 9.97. The zero-order valence-electron chi connectivity index (χ0n) is 9.09. The Kier molecular flexibility index (Phi) is 3.09. The second-order valence-electron chi connectivity index (χ2n) is 4.95. The molecule has 0 aliphatic heterocycles. The molecule has 0 saturated heterocycles. The normalized spacial score (nSPS) is 37.4. The van der Waals surface area contributed by atoms with Crippen LogP contribution in [-0.4, -0.2) is 11.9 Å². The quantitative estimate of drug-likeness (QED) is 0.684. The first kappa shape index (κ1) is 10.0. The highest BCUT2D eigenvalue weighted by Gasteiger charge is 2.34. The molecule has 0 heterocycles. The molecule has 0 unspecified atom stereocenters. The smallest absolute Gasteiger partial charge is 0.217 e. The largest absolute Gasteiger partial charge is 0.353 e. The van der Waals surface area contributed by atoms with Crippen molar-refractivity contribution in [2.45, 2.75) is 57.9 Å². The van der Waals surface area contributed by atoms with Crippen molar-refractivity contribution < 1.29 is 4.79 Å². The van der Waals surface area contributed by atoms with Gasteiger partial charge in [0.1, 0.15) is 0 Å². The molecule has 0 aromatic carbocycles. The molecule has 0 aromatic rings. The summed E-state index contributed by atoms with van der Waals surface area (Å²) in [5, 5.41) is 3.14. The third-order valence-electron chi connectivity index (χ3n) is 3.96. The van der Waals surface area contributed by atoms with Gasteiger partial charge in [-0.3, -0.25) is 4.79 Å². The number of hydrogen-bond acceptors (Lipinski definition) is 1. The Balaban J connectivity index is 1.97. The van der Waals surface area contributed by atoms with E-state index < -0.39 is 0 Å². The summed E-state index contributed by atoms with van der Waals surface area (Å²) in [7, 11) is 0. The number of nitrogens with one attached hydrogen (secondary N) is 1. The minimum atomic E-state index is 0.154. The van der Waals surface area contributed by atoms with Crippen molar-refractivity contribution in [3.63, 3.8) is 0 Å². The summed E-state index contributed by atoms with van der Waals surface area (Å²) in [4.78, 5) is 11.1. The molecule has 3 atom stereocenters. The molecule has 2 aliphatic rings. The number of carbonyl (C=O) groups is 1. The van der Waals surface area contributed by atoms with E-state index in [1.807, 2.05) is 0 Å². The molecule has 2 heteroatoms. The highest BCUT2D eigenvalue weighted by molar-refractivity contribution is 5.73. The van der Waals surface area contributed by atoms with Crippen molar-refractivity contribution in [1.82, 2.24) is 5.32 Å². The maximum atomic E-state index is 11.1. The van der Waals surface area contributed by atoms with E-state index in [9.17, 15) is 4.79 Å². The van der Waals surface area contributed by atoms with E-state index in [1.54, 1.807) is 6.92 Å². The first-order valence-electron chi connectivity index (χ1n) is 6.04. The first-order chi connectivity index (χ1) is 6.77. The Hall–Kier alpha value is -0.530. The van der Waals surface area contributed by atoms with Crippen LogP contribution in [0.5, 0.6) is 0 Å². The zero-order valence-corrected chi connectivity index (χ0v) is 9.09. The average Bonchev–Trinajstić information content (AvgIpc) is 2.18. The summed E-state index contributed by atoms with van der Waals surface area (Å²) >= 11 is 0. The van der Waals surface area contributed by atoms with E-state index in [0.29, 0.717) is 6.04 Å². The lowest BCUT2D eigenvalue weighted by Crippen LogP contribution is -2.45. The van der Waals surface area contributed by atoms with E-state index in [0.717, 1.165) is 11.8 Å². The van der Waals surface area contributed by atoms with Crippen molar-refractivity contribution >= 4 is 5.91 Å². The van der Waals surface area contributed by atoms with Gasteiger partial charge in [-0.2, -0.15) is 0 Å². The molecule has 2 fully saturated rings. The van der Waals surface area contributed by atoms with Crippen LogP contribution in [0.3, 0.4) is 0 Å². The van der Waals surface area contributed by atoms with Crippen molar-refractivity contribution in [3.05, 3.63) is 0 Å². The van der Waals surface area contributed by atoms with Gasteiger partial charge >= 0.3 is 0 Å². The summed E-state index contributed by atoms with van der Waals surface area (Å²) < 4.78 is 0. The monoisotopic (exact) mass is 195 g/mol. The minimum absolute atomic E-state index is 0.154. The topological polar surface area (TPSA) is 29.1 Å². The van der Waals surface area contributed by atoms with Crippen LogP contribution in [-0.2, 0) is 4.79 Å². The maximum absolute atomic E-state index is 11.1. The van der Waals surface area contributed by atoms with Crippen LogP contribution in [0.4, 0.5) is 0 Å². The standard InChI is InChI=1S/C12H21NO/c1-9(14)13-12-8-4-6-10-5-2-3-7-11(10)12/h10-12H,2-8H2,1H3,(H,13,14)/t10-,11-,12-/m0/s1. The molecule has 80 valence electrons. The van der Waals surface area contributed by atoms with Crippen LogP contribution in [0.25, 0.3) is 0 Å². The highest BCUT2D eigenvalue weighted by atomic mass is 16.1. The lowest BCUT2D eigenvalue weighted by molar-refractivity contribution is -0.120. The lowest BCUT2D eigenvalue weighted by Gasteiger charge is -2.41. The Morgan fingerprint density at radius 1 is 1.07 bits per heavy atom. The first-order valence-corrected chi connectivity index (χ1v) is 6.04. The Labute approximate surface area is 86.5 Å². The lowest BCUT2D eigenvalue weighted by atomic mass is 9.68. The van der Waals surface area contributed by atoms with Crippen LogP contribution < -0.4 is 5.32 Å². The second-order valence-corrected chi connectivity index (χ2v) is 4.95. The van der Waals surface area contributed by atoms with Gasteiger partial charge in [0.05, 0.1) is 0 Å². The van der Waals surface area contributed by atoms with Crippen molar-refractivity contribution in [2.24, 2.45) is 11.8 Å². The van der Waals surface area contributed by atoms with Gasteiger partial charge in [-0.25, -0.2) is 0 Å². The summed E-state index contributed by atoms with van der Waals surface area (Å²) in [5.74, 6) is 1.86. The van der Waals surface area contributed by atoms with E-state index in [1.165, 1.54) is 44.9 Å². The molecular weight excluding hydrogens is 174 g/mol. The summed E-state index contributed by atoms with van der Waals surface area (Å²) in [6.07, 6.45) is 9.45. The maximum Gasteiger partial charge on any atom is 0.217 e. The predicted molar refractivity (Wildman–Crippen MR) is 56.9 cm³/mol. The number of rotatable bonds is 1. The summed E-state index contributed by atoms with van der Waals surface area (Å²) in [6, 6.07) is 0.492. The van der Waals surface area contributed by atoms with E-state index in [-0.39, 0.29) is 5.91 Å². The highest BCUT2D eigenvalue weighted by Crippen LogP contribution is 2.40. The fourth-order valence-corrected chi connectivity index (χ4v) is 3.38. The van der Waals surface area contributed by atoms with Crippen LogP contribution in [0.15, 0.2) is 0 Å². The fourth-order valence-electron chi connectivity index (χ4n) is 3.38. The molecule has 2 nitrogen and oxygen atoms in total. The number of hydrogen-bond donors (Lipinski definition) is 1. The molecule has 1 amide bonds. The fraction of sp³-hybridized carbons (Fsp3) is 0.917. The molecule has 1 N–H and O–H groups in total. The molecular formula is C12H21NO. The molecule has 0 spiro atoms. The average molecular weight is 195 g/mol. The summed E-state index contributed by atoms with van der Waals surface area (Å²) in [6.45, 7) is 1.65. The van der Waals surface area contributed by atoms with Gasteiger partial charge in [-0.05, 0) is 24.7 Å². The van der Waals surface area contributed by atoms with E-state index >= 15 is 0 Å². The molecule has 2 aliphatic carbocycles. The number of carbonyl (C=O) groups excluding carboxylic acids is 1. The molecule has 0 radical (unpaired) electrons. The Morgan fingerprint density at radius 2 is 1.79 bits per heavy atom. The number of fused-ring (bicyclic) bond motifs is 1. The van der Waals surface area contributed by atoms with Crippen molar-refractivity contribution in [1.29, 1.82) is 0 Å². The third kappa shape index (κ3) is 2.10. The molecule has 0 bridgehead atoms. The van der Waals surface area contributed by atoms with Gasteiger partial charge in [-0.1, -0.05) is 32.1 Å². The van der Waals surface area contributed by atoms with Crippen LogP contribution in [0, 0.1) is 11.8 Å². The van der Waals surface area contributed by atoms with Gasteiger partial charge < -0.3 is 5.32 Å². The van der Waals surface area contributed by atoms with Crippen LogP contribution in [0.2, 0.25) is 0 Å². The molecule has 2 rings (SSSR count). The van der Waals surface area contributed by atoms with E-state index in [2.05, 4.69) is 5.32 Å². The van der Waals surface area contributed by atoms with Crippen LogP contribution >= 0.6 is 0 Å². The van der Waals surface area contributed by atoms with Crippen molar-refractivity contribution in [3.8, 4) is 0 Å². The van der Waals surface area contributed by atoms with Gasteiger partial charge in [0.15, 0.2) is 0 Å². The van der Waals surface area contributed by atoms with Crippen molar-refractivity contribution in [2.75, 3.05) is 0 Å². The molecule has 14 heavy (non-hydrogen) atoms. The second kappa shape index (κ2) is 4.33. The summed E-state index contributed by atoms with van der Waals surface area (Å²) in [5.41, 5.74) is 0. The minimum Gasteiger partial charge on any atom is -0.353 e. The van der Waals surface area contributed by atoms with Crippen LogP contribution in [0.1, 0.15) is 51.9 Å². The molecule has 0 aromatic heterocycles.